The number of hydrogen-bond donors (Lipinski definition) is 5. The first kappa shape index (κ1) is 30.9. The summed E-state index contributed by atoms with van der Waals surface area (Å²) in [7, 11) is 1.26. The molecule has 6 N–H and O–H groups in total. The molecule has 3 aliphatic heterocycles. The Labute approximate surface area is 259 Å². The van der Waals surface area contributed by atoms with E-state index in [1.165, 1.54) is 34.9 Å². The summed E-state index contributed by atoms with van der Waals surface area (Å²) >= 11 is 5.15. The molecule has 2 aromatic rings. The lowest BCUT2D eigenvalue weighted by atomic mass is 10.0. The maximum absolute atomic E-state index is 13.1. The second kappa shape index (κ2) is 13.4. The number of anilines is 1. The molecule has 5 heterocycles. The number of nitrogens with two attached hydrogens (primary N) is 1. The lowest BCUT2D eigenvalue weighted by Crippen LogP contribution is -2.71. The molecule has 2 amide bonds. The number of aliphatic carboxylic acids is 1. The number of nitrogens with zero attached hydrogens (tertiary/aromatic N) is 5. The summed E-state index contributed by atoms with van der Waals surface area (Å²) in [6.45, 7) is 1.15. The van der Waals surface area contributed by atoms with E-state index in [0.29, 0.717) is 12.0 Å². The minimum absolute atomic E-state index is 0.169. The first-order chi connectivity index (χ1) is 20.7. The summed E-state index contributed by atoms with van der Waals surface area (Å²) in [5, 5.41) is 28.8. The number of amides is 2. The Balaban J connectivity index is 1.30. The van der Waals surface area contributed by atoms with Gasteiger partial charge >= 0.3 is 17.1 Å². The molecule has 0 spiro atoms. The van der Waals surface area contributed by atoms with Crippen molar-refractivity contribution in [2.45, 2.75) is 34.9 Å². The molecule has 0 saturated carbocycles. The van der Waals surface area contributed by atoms with Crippen LogP contribution >= 0.6 is 46.6 Å². The van der Waals surface area contributed by atoms with E-state index in [2.05, 4.69) is 31.0 Å². The van der Waals surface area contributed by atoms with Gasteiger partial charge in [0.05, 0.1) is 5.37 Å². The summed E-state index contributed by atoms with van der Waals surface area (Å²) < 4.78 is 1.29. The number of H-pyrrole nitrogens is 1. The van der Waals surface area contributed by atoms with E-state index in [1.807, 2.05) is 0 Å². The standard InChI is InChI=1S/C23H25N9O7S4/c1-39-30-13(11-9-43-22(24)26-11)16(33)27-14-18(35)32-15(21(37)38)10(8-42-20(14)32)3-6-41-23-29-28-17(34)19(36)31(23)5-2-12-25-4-7-40-12/h3,6,9,12,14,20,25H,2,4-5,7-8H2,1H3,(H2,24,26)(H,27,33)(H,28,34)(H,37,38)/b6-3+,30-13-. The number of carboxylic acid groups (broad SMARTS) is 1. The molecule has 228 valence electrons. The van der Waals surface area contributed by atoms with Crippen molar-refractivity contribution in [1.82, 2.24) is 35.3 Å². The van der Waals surface area contributed by atoms with E-state index < -0.39 is 40.3 Å². The van der Waals surface area contributed by atoms with Crippen molar-refractivity contribution in [3.8, 4) is 0 Å². The Morgan fingerprint density at radius 1 is 1.35 bits per heavy atom. The maximum atomic E-state index is 13.1. The number of allylic oxidation sites excluding steroid dienone is 1. The Morgan fingerprint density at radius 3 is 2.84 bits per heavy atom. The van der Waals surface area contributed by atoms with Crippen molar-refractivity contribution >= 4 is 75.2 Å². The molecule has 3 aliphatic rings. The highest BCUT2D eigenvalue weighted by molar-refractivity contribution is 8.02. The molecule has 0 aromatic carbocycles. The van der Waals surface area contributed by atoms with E-state index in [4.69, 9.17) is 10.6 Å². The number of carbonyl (C=O) groups excluding carboxylic acids is 2. The van der Waals surface area contributed by atoms with Crippen LogP contribution in [0.15, 0.2) is 48.0 Å². The molecule has 2 saturated heterocycles. The smallest absolute Gasteiger partial charge is 0.352 e. The number of thioether (sulfide) groups is 3. The number of carboxylic acids is 1. The predicted molar refractivity (Wildman–Crippen MR) is 163 cm³/mol. The molecule has 0 aliphatic carbocycles. The zero-order valence-corrected chi connectivity index (χ0v) is 25.6. The van der Waals surface area contributed by atoms with E-state index in [1.54, 1.807) is 17.2 Å². The summed E-state index contributed by atoms with van der Waals surface area (Å²) in [6.07, 6.45) is 2.15. The number of nitrogen functional groups attached to an aromatic ring is 1. The van der Waals surface area contributed by atoms with Gasteiger partial charge in [-0.1, -0.05) is 16.9 Å². The Kier molecular flexibility index (Phi) is 9.59. The predicted octanol–water partition coefficient (Wildman–Crippen LogP) is -0.582. The lowest BCUT2D eigenvalue weighted by molar-refractivity contribution is -0.150. The maximum Gasteiger partial charge on any atom is 0.352 e. The number of fused-ring (bicyclic) bond motifs is 1. The third kappa shape index (κ3) is 6.51. The molecule has 3 unspecified atom stereocenters. The monoisotopic (exact) mass is 667 g/mol. The van der Waals surface area contributed by atoms with Gasteiger partial charge in [-0.2, -0.15) is 0 Å². The van der Waals surface area contributed by atoms with E-state index in [0.717, 1.165) is 40.3 Å². The first-order valence-electron chi connectivity index (χ1n) is 12.6. The van der Waals surface area contributed by atoms with Crippen molar-refractivity contribution in [3.05, 3.63) is 54.5 Å². The zero-order valence-electron chi connectivity index (χ0n) is 22.3. The van der Waals surface area contributed by atoms with Gasteiger partial charge in [-0.05, 0) is 23.5 Å². The Hall–Kier alpha value is -3.59. The van der Waals surface area contributed by atoms with Gasteiger partial charge in [0.25, 0.3) is 11.8 Å². The number of thiazole rings is 1. The number of oxime groups is 1. The van der Waals surface area contributed by atoms with Gasteiger partial charge in [0.15, 0.2) is 16.0 Å². The van der Waals surface area contributed by atoms with Crippen LogP contribution in [0.1, 0.15) is 12.1 Å². The second-order valence-electron chi connectivity index (χ2n) is 9.05. The average molecular weight is 668 g/mol. The number of hydrogen-bond acceptors (Lipinski definition) is 15. The fraction of sp³-hybridized carbons (Fsp3) is 0.391. The molecule has 0 bridgehead atoms. The summed E-state index contributed by atoms with van der Waals surface area (Å²) in [6, 6.07) is -1.00. The normalized spacial score (nSPS) is 22.1. The van der Waals surface area contributed by atoms with Crippen LogP contribution in [0.3, 0.4) is 0 Å². The van der Waals surface area contributed by atoms with Crippen LogP contribution in [0.5, 0.6) is 0 Å². The quantitative estimate of drug-likeness (QED) is 0.0664. The second-order valence-corrected chi connectivity index (χ2v) is 13.2. The third-order valence-corrected chi connectivity index (χ3v) is 10.4. The van der Waals surface area contributed by atoms with Crippen LogP contribution in [-0.4, -0.2) is 95.2 Å². The minimum Gasteiger partial charge on any atom is -0.477 e. The molecular formula is C23H25N9O7S4. The Morgan fingerprint density at radius 2 is 2.16 bits per heavy atom. The first-order valence-corrected chi connectivity index (χ1v) is 16.5. The largest absolute Gasteiger partial charge is 0.477 e. The lowest BCUT2D eigenvalue weighted by Gasteiger charge is -2.49. The molecule has 2 fully saturated rings. The highest BCUT2D eigenvalue weighted by Gasteiger charge is 2.54. The fourth-order valence-electron chi connectivity index (χ4n) is 4.47. The topological polar surface area (TPSA) is 227 Å². The molecule has 43 heavy (non-hydrogen) atoms. The van der Waals surface area contributed by atoms with Crippen LogP contribution in [0.4, 0.5) is 5.13 Å². The summed E-state index contributed by atoms with van der Waals surface area (Å²) in [4.78, 5) is 72.6. The van der Waals surface area contributed by atoms with E-state index >= 15 is 0 Å². The zero-order chi connectivity index (χ0) is 30.7. The molecule has 16 nitrogen and oxygen atoms in total. The molecule has 3 atom stereocenters. The van der Waals surface area contributed by atoms with Gasteiger partial charge in [0.1, 0.15) is 29.9 Å². The molecule has 2 aromatic heterocycles. The van der Waals surface area contributed by atoms with Crippen LogP contribution in [0.25, 0.3) is 0 Å². The number of aromatic amines is 1. The molecule has 20 heteroatoms. The number of aromatic nitrogens is 4. The molecule has 5 rings (SSSR count). The number of carbonyl (C=O) groups is 3. The van der Waals surface area contributed by atoms with Crippen molar-refractivity contribution in [2.24, 2.45) is 5.16 Å². The summed E-state index contributed by atoms with van der Waals surface area (Å²) in [5.74, 6) is -1.46. The van der Waals surface area contributed by atoms with Gasteiger partial charge in [-0.3, -0.25) is 28.6 Å². The minimum atomic E-state index is -1.31. The van der Waals surface area contributed by atoms with Crippen molar-refractivity contribution < 1.29 is 24.3 Å². The SMILES string of the molecule is CO/N=C(\C(=O)NC1C(=O)N2C(C(=O)O)=C(/C=C/Sc3n[nH]c(=O)c(=O)n3CCC3NCCS3)CSC12)c1csc(N)n1. The van der Waals surface area contributed by atoms with Crippen LogP contribution < -0.4 is 27.5 Å². The van der Waals surface area contributed by atoms with Gasteiger partial charge in [0, 0.05) is 30.0 Å². The highest BCUT2D eigenvalue weighted by atomic mass is 32.2. The van der Waals surface area contributed by atoms with Gasteiger partial charge in [-0.25, -0.2) is 14.9 Å². The van der Waals surface area contributed by atoms with Gasteiger partial charge in [-0.15, -0.1) is 40.0 Å². The van der Waals surface area contributed by atoms with Gasteiger partial charge < -0.3 is 26.3 Å². The number of nitrogens with one attached hydrogen (secondary N) is 3. The van der Waals surface area contributed by atoms with Crippen LogP contribution in [0.2, 0.25) is 0 Å². The fourth-order valence-corrected chi connectivity index (χ4v) is 8.11. The van der Waals surface area contributed by atoms with Crippen molar-refractivity contribution in [2.75, 3.05) is 30.9 Å². The third-order valence-electron chi connectivity index (χ3n) is 6.42. The number of β-lactam (4-membered cyclic amide) rings is 1. The Bertz CT molecular complexity index is 1640. The van der Waals surface area contributed by atoms with E-state index in [-0.39, 0.29) is 45.1 Å². The van der Waals surface area contributed by atoms with Crippen molar-refractivity contribution in [1.29, 1.82) is 0 Å². The number of rotatable bonds is 11. The average Bonchev–Trinajstić information content (AvgIpc) is 3.67. The van der Waals surface area contributed by atoms with Crippen LogP contribution in [-0.2, 0) is 25.8 Å². The molecule has 0 radical (unpaired) electrons. The van der Waals surface area contributed by atoms with Gasteiger partial charge in [0.2, 0.25) is 0 Å². The molecular weight excluding hydrogens is 643 g/mol. The van der Waals surface area contributed by atoms with E-state index in [9.17, 15) is 29.1 Å². The highest BCUT2D eigenvalue weighted by Crippen LogP contribution is 2.41. The van der Waals surface area contributed by atoms with Crippen molar-refractivity contribution in [3.63, 3.8) is 0 Å². The summed E-state index contributed by atoms with van der Waals surface area (Å²) in [5.41, 5.74) is 4.22. The van der Waals surface area contributed by atoms with Crippen LogP contribution in [0, 0.1) is 0 Å².